The monoisotopic (exact) mass is 1060 g/mol. The maximum absolute atomic E-state index is 13.9. The zero-order valence-electron chi connectivity index (χ0n) is 46.0. The first-order valence-electron chi connectivity index (χ1n) is 28.1. The Morgan fingerprint density at radius 3 is 2.27 bits per heavy atom. The fourth-order valence-corrected chi connectivity index (χ4v) is 12.3. The molecule has 5 amide bonds. The summed E-state index contributed by atoms with van der Waals surface area (Å²) in [7, 11) is 1.71. The van der Waals surface area contributed by atoms with Gasteiger partial charge in [-0.2, -0.15) is 0 Å². The number of aryl methyl sites for hydroxylation is 2. The number of aliphatic hydroxyl groups excluding tert-OH is 1. The zero-order valence-corrected chi connectivity index (χ0v) is 46.0. The van der Waals surface area contributed by atoms with Crippen LogP contribution in [0.4, 0.5) is 16.2 Å². The summed E-state index contributed by atoms with van der Waals surface area (Å²) in [6.45, 7) is 15.9. The Morgan fingerprint density at radius 2 is 1.55 bits per heavy atom. The molecule has 17 nitrogen and oxygen atoms in total. The lowest BCUT2D eigenvalue weighted by Gasteiger charge is -2.39. The highest BCUT2D eigenvalue weighted by molar-refractivity contribution is 6.00. The molecule has 4 N–H and O–H groups in total. The first-order valence-corrected chi connectivity index (χ1v) is 28.1. The van der Waals surface area contributed by atoms with Crippen molar-refractivity contribution in [2.24, 2.45) is 24.8 Å². The fourth-order valence-electron chi connectivity index (χ4n) is 12.3. The molecule has 4 aromatic carbocycles. The summed E-state index contributed by atoms with van der Waals surface area (Å²) in [6.07, 6.45) is 4.85. The van der Waals surface area contributed by atoms with Gasteiger partial charge in [0.2, 0.25) is 17.7 Å². The van der Waals surface area contributed by atoms with E-state index in [0.717, 1.165) is 123 Å². The molecule has 0 spiro atoms. The van der Waals surface area contributed by atoms with Crippen LogP contribution in [0.3, 0.4) is 0 Å². The number of aromatic nitrogens is 2. The van der Waals surface area contributed by atoms with Gasteiger partial charge in [-0.3, -0.25) is 33.6 Å². The van der Waals surface area contributed by atoms with E-state index in [1.54, 1.807) is 17.7 Å². The molecule has 5 aliphatic rings. The van der Waals surface area contributed by atoms with Crippen LogP contribution in [0.2, 0.25) is 0 Å². The normalized spacial score (nSPS) is 21.6. The number of β-amino-alcohol motifs (C(OH)–C–C–N with tert-alkyl or cyclic N) is 1. The van der Waals surface area contributed by atoms with E-state index in [4.69, 9.17) is 4.74 Å². The molecule has 4 atom stereocenters. The number of piperidine rings is 4. The number of hydrogen-bond acceptors (Lipinski definition) is 11. The van der Waals surface area contributed by atoms with Gasteiger partial charge < -0.3 is 40.1 Å². The Labute approximate surface area is 456 Å². The number of rotatable bonds is 10. The van der Waals surface area contributed by atoms with Crippen LogP contribution in [0.1, 0.15) is 118 Å². The number of imide groups is 1. The van der Waals surface area contributed by atoms with Crippen molar-refractivity contribution in [3.8, 4) is 11.8 Å². The number of anilines is 2. The number of ether oxygens (including phenoxy) is 1. The van der Waals surface area contributed by atoms with Gasteiger partial charge in [-0.1, -0.05) is 48.2 Å². The molecule has 5 aliphatic heterocycles. The maximum Gasteiger partial charge on any atom is 0.410 e. The number of imidazole rings is 1. The molecule has 78 heavy (non-hydrogen) atoms. The summed E-state index contributed by atoms with van der Waals surface area (Å²) in [6, 6.07) is 22.4. The van der Waals surface area contributed by atoms with Crippen molar-refractivity contribution in [1.82, 2.24) is 34.5 Å². The number of nitrogens with one attached hydrogen (secondary N) is 3. The molecule has 1 unspecified atom stereocenters. The third-order valence-electron chi connectivity index (χ3n) is 16.8. The van der Waals surface area contributed by atoms with Crippen LogP contribution >= 0.6 is 0 Å². The van der Waals surface area contributed by atoms with Crippen molar-refractivity contribution in [3.63, 3.8) is 0 Å². The van der Waals surface area contributed by atoms with E-state index in [1.807, 2.05) is 77.1 Å². The van der Waals surface area contributed by atoms with E-state index in [-0.39, 0.29) is 54.9 Å². The van der Waals surface area contributed by atoms with Crippen molar-refractivity contribution in [2.45, 2.75) is 116 Å². The second-order valence-corrected chi connectivity index (χ2v) is 23.4. The molecule has 0 bridgehead atoms. The molecule has 5 aromatic rings. The van der Waals surface area contributed by atoms with Crippen molar-refractivity contribution in [3.05, 3.63) is 106 Å². The minimum atomic E-state index is -0.794. The fraction of sp³-hybridized carbons (Fsp3) is 0.508. The number of hydrogen-bond donors (Lipinski definition) is 4. The topological polar surface area (TPSA) is 191 Å². The SMILES string of the molecule is Cc1ccc(N[C@H]2CN(C(=O)OC(C)(C)C)C[C@H]2O)cc1C(=O)N[C@H](C)c1ccc(C#CC2CCN(CC3CCN(C(=O)C4CCN(c5ccc6c(c5)n(C)c(=O)n6C5CCC(=O)NC5=O)CC4)CC3)CC2)c2ccccc12. The number of carbonyl (C=O) groups excluding carboxylic acids is 5. The second-order valence-electron chi connectivity index (χ2n) is 23.4. The van der Waals surface area contributed by atoms with E-state index >= 15 is 0 Å². The molecule has 0 saturated carbocycles. The number of benzene rings is 4. The van der Waals surface area contributed by atoms with Gasteiger partial charge in [0, 0.05) is 87.1 Å². The zero-order chi connectivity index (χ0) is 55.0. The second kappa shape index (κ2) is 22.7. The molecule has 5 fully saturated rings. The highest BCUT2D eigenvalue weighted by Gasteiger charge is 2.37. The van der Waals surface area contributed by atoms with E-state index in [1.165, 1.54) is 9.47 Å². The van der Waals surface area contributed by atoms with Crippen LogP contribution in [-0.2, 0) is 26.2 Å². The van der Waals surface area contributed by atoms with Gasteiger partial charge in [-0.25, -0.2) is 9.59 Å². The molecule has 17 heteroatoms. The van der Waals surface area contributed by atoms with Crippen molar-refractivity contribution < 1.29 is 33.8 Å². The van der Waals surface area contributed by atoms with E-state index in [0.29, 0.717) is 35.0 Å². The number of likely N-dealkylation sites (tertiary alicyclic amines) is 3. The molecule has 0 aliphatic carbocycles. The lowest BCUT2D eigenvalue weighted by atomic mass is 9.90. The summed E-state index contributed by atoms with van der Waals surface area (Å²) in [4.78, 5) is 86.6. The third-order valence-corrected chi connectivity index (χ3v) is 16.8. The summed E-state index contributed by atoms with van der Waals surface area (Å²) < 4.78 is 8.59. The summed E-state index contributed by atoms with van der Waals surface area (Å²) in [5.41, 5.74) is 5.47. The van der Waals surface area contributed by atoms with Gasteiger partial charge in [0.15, 0.2) is 0 Å². The number of fused-ring (bicyclic) bond motifs is 2. The maximum atomic E-state index is 13.9. The lowest BCUT2D eigenvalue weighted by molar-refractivity contribution is -0.138. The minimum absolute atomic E-state index is 0.00137. The Bertz CT molecular complexity index is 3230. The quantitative estimate of drug-likeness (QED) is 0.0843. The van der Waals surface area contributed by atoms with Gasteiger partial charge in [-0.05, 0) is 157 Å². The standard InChI is InChI=1S/C61H75N9O8/c1-38-11-15-44(63-50-36-69(37-54(50)71)60(77)78-61(3,4)5)33-49(38)56(73)62-39(2)46-17-14-42(47-9-7-8-10-48(46)47)13-12-40-21-27-66(28-22-40)35-41-23-29-68(30-24-41)58(75)43-25-31-67(32-26-43)45-16-18-51-53(34-45)65(6)59(76)70(51)52-19-20-55(72)64-57(52)74/h7-11,14-18,33-34,39-41,43,50,52,54,63,71H,19-32,35-37H2,1-6H3,(H,62,73)(H,64,72,74)/t39-,50+,52?,54-/m1/s1. The highest BCUT2D eigenvalue weighted by atomic mass is 16.6. The Hall–Kier alpha value is -7.16. The van der Waals surface area contributed by atoms with Gasteiger partial charge in [-0.15, -0.1) is 0 Å². The lowest BCUT2D eigenvalue weighted by Crippen LogP contribution is -2.47. The van der Waals surface area contributed by atoms with Gasteiger partial charge in [0.25, 0.3) is 5.91 Å². The van der Waals surface area contributed by atoms with Crippen molar-refractivity contribution in [2.75, 3.05) is 69.1 Å². The van der Waals surface area contributed by atoms with E-state index < -0.39 is 35.8 Å². The van der Waals surface area contributed by atoms with Crippen LogP contribution in [0.25, 0.3) is 21.8 Å². The molecule has 412 valence electrons. The van der Waals surface area contributed by atoms with E-state index in [2.05, 4.69) is 66.8 Å². The molecular formula is C61H75N9O8. The van der Waals surface area contributed by atoms with Crippen LogP contribution in [0.5, 0.6) is 0 Å². The Balaban J connectivity index is 0.673. The van der Waals surface area contributed by atoms with Crippen LogP contribution < -0.4 is 26.5 Å². The third kappa shape index (κ3) is 11.8. The number of aliphatic hydroxyl groups is 1. The Morgan fingerprint density at radius 1 is 0.821 bits per heavy atom. The number of amides is 5. The number of carbonyl (C=O) groups is 5. The van der Waals surface area contributed by atoms with Gasteiger partial charge in [0.05, 0.1) is 35.8 Å². The average Bonchev–Trinajstić information content (AvgIpc) is 4.10. The summed E-state index contributed by atoms with van der Waals surface area (Å²) in [5.74, 6) is 7.35. The largest absolute Gasteiger partial charge is 0.444 e. The molecular weight excluding hydrogens is 987 g/mol. The molecule has 1 aromatic heterocycles. The average molecular weight is 1060 g/mol. The molecule has 0 radical (unpaired) electrons. The smallest absolute Gasteiger partial charge is 0.410 e. The first kappa shape index (κ1) is 54.2. The van der Waals surface area contributed by atoms with Gasteiger partial charge >= 0.3 is 11.8 Å². The Kier molecular flexibility index (Phi) is 15.8. The number of nitrogens with zero attached hydrogens (tertiary/aromatic N) is 6. The highest BCUT2D eigenvalue weighted by Crippen LogP contribution is 2.33. The van der Waals surface area contributed by atoms with Crippen LogP contribution in [0, 0.1) is 36.5 Å². The van der Waals surface area contributed by atoms with E-state index in [9.17, 15) is 33.9 Å². The predicted molar refractivity (Wildman–Crippen MR) is 301 cm³/mol. The van der Waals surface area contributed by atoms with Crippen molar-refractivity contribution >= 4 is 62.9 Å². The van der Waals surface area contributed by atoms with Crippen LogP contribution in [0.15, 0.2) is 77.6 Å². The molecule has 10 rings (SSSR count). The van der Waals surface area contributed by atoms with Crippen molar-refractivity contribution in [1.29, 1.82) is 0 Å². The first-order chi connectivity index (χ1) is 37.4. The minimum Gasteiger partial charge on any atom is -0.444 e. The molecule has 6 heterocycles. The summed E-state index contributed by atoms with van der Waals surface area (Å²) >= 11 is 0. The van der Waals surface area contributed by atoms with Gasteiger partial charge in [0.1, 0.15) is 11.6 Å². The molecule has 5 saturated heterocycles. The summed E-state index contributed by atoms with van der Waals surface area (Å²) in [5, 5.41) is 21.8. The van der Waals surface area contributed by atoms with Crippen LogP contribution in [-0.4, -0.2) is 135 Å². The predicted octanol–water partition coefficient (Wildman–Crippen LogP) is 6.88.